The van der Waals surface area contributed by atoms with Crippen molar-refractivity contribution in [3.63, 3.8) is 0 Å². The molecule has 2 heteroatoms. The minimum atomic E-state index is 0.954. The topological polar surface area (TPSA) is 25.8 Å². The van der Waals surface area contributed by atoms with Crippen LogP contribution in [0.25, 0.3) is 5.57 Å². The van der Waals surface area contributed by atoms with Crippen LogP contribution in [0, 0.1) is 13.8 Å². The third-order valence-corrected chi connectivity index (χ3v) is 2.35. The molecule has 0 N–H and O–H groups in total. The maximum Gasteiger partial charge on any atom is 0.0877 e. The molecule has 0 aliphatic heterocycles. The van der Waals surface area contributed by atoms with Gasteiger partial charge in [-0.3, -0.25) is 4.98 Å². The number of aromatic nitrogens is 2. The molecule has 1 aliphatic carbocycles. The predicted octanol–water partition coefficient (Wildman–Crippen LogP) is 2.05. The summed E-state index contributed by atoms with van der Waals surface area (Å²) in [5.41, 5.74) is 5.59. The van der Waals surface area contributed by atoms with E-state index in [1.807, 2.05) is 13.8 Å². The summed E-state index contributed by atoms with van der Waals surface area (Å²) in [6, 6.07) is 0. The molecular weight excluding hydrogens is 148 g/mol. The Labute approximate surface area is 72.4 Å². The molecule has 0 spiro atoms. The predicted molar refractivity (Wildman–Crippen MR) is 48.9 cm³/mol. The summed E-state index contributed by atoms with van der Waals surface area (Å²) in [5.74, 6) is 0. The van der Waals surface area contributed by atoms with E-state index >= 15 is 0 Å². The van der Waals surface area contributed by atoms with E-state index in [-0.39, 0.29) is 0 Å². The van der Waals surface area contributed by atoms with Crippen molar-refractivity contribution in [2.24, 2.45) is 0 Å². The van der Waals surface area contributed by atoms with Crippen LogP contribution in [0.5, 0.6) is 0 Å². The standard InChI is InChI=1S/C10H12N2/c1-6-4-5-9-10(6)12-8(3)7(2)11-9/h4H,5H2,1-3H3. The van der Waals surface area contributed by atoms with Crippen molar-refractivity contribution >= 4 is 5.57 Å². The van der Waals surface area contributed by atoms with E-state index in [4.69, 9.17) is 0 Å². The minimum Gasteiger partial charge on any atom is -0.254 e. The fraction of sp³-hybridized carbons (Fsp3) is 0.400. The SMILES string of the molecule is CC1=CCc2nc(C)c(C)nc21. The molecular formula is C10H12N2. The first-order chi connectivity index (χ1) is 5.68. The molecule has 2 nitrogen and oxygen atoms in total. The highest BCUT2D eigenvalue weighted by Crippen LogP contribution is 2.23. The Hall–Kier alpha value is -1.18. The van der Waals surface area contributed by atoms with Gasteiger partial charge in [-0.15, -0.1) is 0 Å². The van der Waals surface area contributed by atoms with Gasteiger partial charge in [0.25, 0.3) is 0 Å². The molecule has 0 saturated carbocycles. The first-order valence-corrected chi connectivity index (χ1v) is 4.19. The van der Waals surface area contributed by atoms with Crippen molar-refractivity contribution in [1.82, 2.24) is 9.97 Å². The lowest BCUT2D eigenvalue weighted by Gasteiger charge is -2.03. The highest BCUT2D eigenvalue weighted by atomic mass is 14.8. The highest BCUT2D eigenvalue weighted by molar-refractivity contribution is 5.67. The van der Waals surface area contributed by atoms with Gasteiger partial charge >= 0.3 is 0 Å². The van der Waals surface area contributed by atoms with Crippen LogP contribution in [0.4, 0.5) is 0 Å². The molecule has 1 aromatic rings. The van der Waals surface area contributed by atoms with E-state index in [0.29, 0.717) is 0 Å². The third-order valence-electron chi connectivity index (χ3n) is 2.35. The summed E-state index contributed by atoms with van der Waals surface area (Å²) in [6.45, 7) is 6.11. The molecule has 0 amide bonds. The van der Waals surface area contributed by atoms with Crippen molar-refractivity contribution in [2.45, 2.75) is 27.2 Å². The van der Waals surface area contributed by atoms with Crippen LogP contribution in [0.2, 0.25) is 0 Å². The number of hydrogen-bond donors (Lipinski definition) is 0. The first-order valence-electron chi connectivity index (χ1n) is 4.19. The molecule has 62 valence electrons. The summed E-state index contributed by atoms with van der Waals surface area (Å²) < 4.78 is 0. The van der Waals surface area contributed by atoms with Crippen molar-refractivity contribution in [3.05, 3.63) is 28.9 Å². The highest BCUT2D eigenvalue weighted by Gasteiger charge is 2.14. The maximum atomic E-state index is 4.50. The summed E-state index contributed by atoms with van der Waals surface area (Å²) >= 11 is 0. The lowest BCUT2D eigenvalue weighted by Crippen LogP contribution is -1.99. The van der Waals surface area contributed by atoms with E-state index in [2.05, 4.69) is 23.0 Å². The van der Waals surface area contributed by atoms with Crippen LogP contribution >= 0.6 is 0 Å². The van der Waals surface area contributed by atoms with Crippen molar-refractivity contribution in [1.29, 1.82) is 0 Å². The van der Waals surface area contributed by atoms with Gasteiger partial charge in [0.1, 0.15) is 0 Å². The lowest BCUT2D eigenvalue weighted by atomic mass is 10.2. The summed E-state index contributed by atoms with van der Waals surface area (Å²) in [5, 5.41) is 0. The van der Waals surface area contributed by atoms with E-state index in [1.165, 1.54) is 5.57 Å². The molecule has 0 atom stereocenters. The largest absolute Gasteiger partial charge is 0.254 e. The summed E-state index contributed by atoms with van der Waals surface area (Å²) in [6.07, 6.45) is 3.14. The molecule has 0 saturated heterocycles. The van der Waals surface area contributed by atoms with E-state index in [0.717, 1.165) is 29.2 Å². The van der Waals surface area contributed by atoms with E-state index < -0.39 is 0 Å². The van der Waals surface area contributed by atoms with Crippen LogP contribution in [0.1, 0.15) is 29.7 Å². The smallest absolute Gasteiger partial charge is 0.0877 e. The molecule has 0 unspecified atom stereocenters. The molecule has 0 bridgehead atoms. The van der Waals surface area contributed by atoms with Crippen LogP contribution in [0.15, 0.2) is 6.08 Å². The Morgan fingerprint density at radius 1 is 1.08 bits per heavy atom. The molecule has 0 radical (unpaired) electrons. The number of allylic oxidation sites excluding steroid dienone is 2. The molecule has 2 rings (SSSR count). The van der Waals surface area contributed by atoms with Gasteiger partial charge < -0.3 is 0 Å². The van der Waals surface area contributed by atoms with Crippen LogP contribution in [0.3, 0.4) is 0 Å². The molecule has 1 aromatic heterocycles. The Morgan fingerprint density at radius 3 is 2.50 bits per heavy atom. The van der Waals surface area contributed by atoms with Crippen molar-refractivity contribution in [2.75, 3.05) is 0 Å². The minimum absolute atomic E-state index is 0.954. The number of rotatable bonds is 0. The number of nitrogens with zero attached hydrogens (tertiary/aromatic N) is 2. The van der Waals surface area contributed by atoms with Crippen molar-refractivity contribution < 1.29 is 0 Å². The monoisotopic (exact) mass is 160 g/mol. The zero-order valence-corrected chi connectivity index (χ0v) is 7.68. The van der Waals surface area contributed by atoms with Gasteiger partial charge in [0.15, 0.2) is 0 Å². The van der Waals surface area contributed by atoms with E-state index in [9.17, 15) is 0 Å². The molecule has 0 aromatic carbocycles. The quantitative estimate of drug-likeness (QED) is 0.580. The van der Waals surface area contributed by atoms with Gasteiger partial charge in [0.2, 0.25) is 0 Å². The van der Waals surface area contributed by atoms with Gasteiger partial charge in [-0.05, 0) is 26.3 Å². The second kappa shape index (κ2) is 2.41. The van der Waals surface area contributed by atoms with Crippen LogP contribution in [-0.2, 0) is 6.42 Å². The maximum absolute atomic E-state index is 4.50. The van der Waals surface area contributed by atoms with E-state index in [1.54, 1.807) is 0 Å². The molecule has 0 fully saturated rings. The van der Waals surface area contributed by atoms with Gasteiger partial charge in [-0.2, -0.15) is 0 Å². The lowest BCUT2D eigenvalue weighted by molar-refractivity contribution is 0.974. The average molecular weight is 160 g/mol. The van der Waals surface area contributed by atoms with Crippen molar-refractivity contribution in [3.8, 4) is 0 Å². The summed E-state index contributed by atoms with van der Waals surface area (Å²) in [7, 11) is 0. The van der Waals surface area contributed by atoms with Crippen LogP contribution < -0.4 is 0 Å². The third kappa shape index (κ3) is 0.951. The van der Waals surface area contributed by atoms with Gasteiger partial charge in [-0.1, -0.05) is 6.08 Å². The average Bonchev–Trinajstić information content (AvgIpc) is 2.35. The first kappa shape index (κ1) is 7.47. The Balaban J connectivity index is 2.63. The Morgan fingerprint density at radius 2 is 1.75 bits per heavy atom. The summed E-state index contributed by atoms with van der Waals surface area (Å²) in [4.78, 5) is 8.99. The fourth-order valence-corrected chi connectivity index (χ4v) is 1.45. The van der Waals surface area contributed by atoms with Gasteiger partial charge in [0.05, 0.1) is 22.8 Å². The molecule has 1 aliphatic rings. The van der Waals surface area contributed by atoms with Gasteiger partial charge in [0, 0.05) is 6.42 Å². The zero-order chi connectivity index (χ0) is 8.72. The second-order valence-electron chi connectivity index (χ2n) is 3.28. The number of aryl methyl sites for hydroxylation is 2. The second-order valence-corrected chi connectivity index (χ2v) is 3.28. The Bertz CT molecular complexity index is 364. The fourth-order valence-electron chi connectivity index (χ4n) is 1.45. The molecule has 12 heavy (non-hydrogen) atoms. The molecule has 1 heterocycles. The Kier molecular flexibility index (Phi) is 1.50. The van der Waals surface area contributed by atoms with Gasteiger partial charge in [-0.25, -0.2) is 4.98 Å². The number of hydrogen-bond acceptors (Lipinski definition) is 2. The number of fused-ring (bicyclic) bond motifs is 1. The van der Waals surface area contributed by atoms with Crippen LogP contribution in [-0.4, -0.2) is 9.97 Å². The zero-order valence-electron chi connectivity index (χ0n) is 7.68. The normalized spacial score (nSPS) is 14.4.